The van der Waals surface area contributed by atoms with Crippen LogP contribution in [0, 0.1) is 5.92 Å². The lowest BCUT2D eigenvalue weighted by atomic mass is 9.75. The first-order valence-corrected chi connectivity index (χ1v) is 13.1. The molecule has 1 amide bonds. The van der Waals surface area contributed by atoms with Gasteiger partial charge in [0.15, 0.2) is 5.60 Å². The summed E-state index contributed by atoms with van der Waals surface area (Å²) in [5, 5.41) is 9.74. The van der Waals surface area contributed by atoms with Crippen LogP contribution in [0.15, 0.2) is 24.3 Å². The molecule has 1 saturated heterocycles. The van der Waals surface area contributed by atoms with Crippen molar-refractivity contribution in [1.82, 2.24) is 9.21 Å². The van der Waals surface area contributed by atoms with Crippen LogP contribution in [-0.4, -0.2) is 72.2 Å². The largest absolute Gasteiger partial charge is 0.481 e. The average molecular weight is 501 g/mol. The minimum atomic E-state index is -3.43. The number of carbonyl (C=O) groups is 2. The van der Waals surface area contributed by atoms with Gasteiger partial charge in [-0.1, -0.05) is 37.6 Å². The lowest BCUT2D eigenvalue weighted by Crippen LogP contribution is -2.62. The summed E-state index contributed by atoms with van der Waals surface area (Å²) in [6.45, 7) is 4.00. The fourth-order valence-electron chi connectivity index (χ4n) is 4.97. The first-order chi connectivity index (χ1) is 15.5. The molecular weight excluding hydrogens is 468 g/mol. The van der Waals surface area contributed by atoms with E-state index in [4.69, 9.17) is 16.3 Å². The number of hydrogen-bond donors (Lipinski definition) is 1. The number of carboxylic acids is 1. The maximum absolute atomic E-state index is 13.9. The second kappa shape index (κ2) is 9.90. The number of carbonyl (C=O) groups excluding carboxylic acids is 1. The molecule has 8 nitrogen and oxygen atoms in total. The molecule has 2 fully saturated rings. The third-order valence-corrected chi connectivity index (χ3v) is 9.45. The second-order valence-corrected chi connectivity index (χ2v) is 12.0. The van der Waals surface area contributed by atoms with E-state index < -0.39 is 40.0 Å². The second-order valence-electron chi connectivity index (χ2n) is 9.25. The van der Waals surface area contributed by atoms with E-state index in [0.29, 0.717) is 24.3 Å². The predicted octanol–water partition coefficient (Wildman–Crippen LogP) is 3.31. The maximum atomic E-state index is 13.9. The molecule has 1 aromatic rings. The summed E-state index contributed by atoms with van der Waals surface area (Å²) in [6.07, 6.45) is 1.60. The fraction of sp³-hybridized carbons (Fsp3) is 0.652. The summed E-state index contributed by atoms with van der Waals surface area (Å²) in [6, 6.07) is 6.41. The number of benzene rings is 1. The zero-order chi connectivity index (χ0) is 24.6. The van der Waals surface area contributed by atoms with E-state index in [2.05, 4.69) is 0 Å². The van der Waals surface area contributed by atoms with Crippen molar-refractivity contribution in [1.29, 1.82) is 0 Å². The quantitative estimate of drug-likeness (QED) is 0.528. The Kier molecular flexibility index (Phi) is 7.78. The number of likely N-dealkylation sites (N-methyl/N-ethyl adjacent to an activating group) is 1. The van der Waals surface area contributed by atoms with Crippen molar-refractivity contribution in [3.63, 3.8) is 0 Å². The van der Waals surface area contributed by atoms with E-state index in [-0.39, 0.29) is 30.2 Å². The number of nitrogens with zero attached hydrogens (tertiary/aromatic N) is 2. The van der Waals surface area contributed by atoms with Crippen molar-refractivity contribution in [3.05, 3.63) is 34.9 Å². The van der Waals surface area contributed by atoms with Crippen LogP contribution < -0.4 is 0 Å². The van der Waals surface area contributed by atoms with Crippen molar-refractivity contribution in [2.45, 2.75) is 68.9 Å². The minimum absolute atomic E-state index is 0.130. The Morgan fingerprint density at radius 3 is 2.42 bits per heavy atom. The molecule has 3 rings (SSSR count). The first-order valence-electron chi connectivity index (χ1n) is 11.3. The molecule has 1 aliphatic heterocycles. The van der Waals surface area contributed by atoms with E-state index in [1.54, 1.807) is 24.1 Å². The van der Waals surface area contributed by atoms with E-state index in [1.165, 1.54) is 11.4 Å². The number of sulfonamides is 1. The number of methoxy groups -OCH3 is 1. The Labute approximate surface area is 200 Å². The summed E-state index contributed by atoms with van der Waals surface area (Å²) in [5.41, 5.74) is -0.637. The Hall–Kier alpha value is -1.68. The van der Waals surface area contributed by atoms with Crippen LogP contribution in [0.2, 0.25) is 5.02 Å². The number of aliphatic carboxylic acids is 1. The molecule has 1 heterocycles. The number of hydrogen-bond acceptors (Lipinski definition) is 5. The van der Waals surface area contributed by atoms with Gasteiger partial charge in [0.2, 0.25) is 10.0 Å². The topological polar surface area (TPSA) is 104 Å². The van der Waals surface area contributed by atoms with Crippen molar-refractivity contribution in [2.24, 2.45) is 5.92 Å². The molecule has 0 aromatic heterocycles. The Balaban J connectivity index is 2.04. The van der Waals surface area contributed by atoms with Gasteiger partial charge in [-0.25, -0.2) is 12.7 Å². The molecule has 4 atom stereocenters. The van der Waals surface area contributed by atoms with Gasteiger partial charge in [-0.3, -0.25) is 9.59 Å². The maximum Gasteiger partial charge on any atom is 0.306 e. The molecule has 2 aliphatic rings. The molecule has 0 spiro atoms. The molecule has 1 aromatic carbocycles. The molecular formula is C23H33ClN2O6S. The highest BCUT2D eigenvalue weighted by atomic mass is 35.5. The standard InChI is InChI=1S/C23H33ClN2O6S/c1-5-18(14-25(3)33(30,31)19-10-11-19)26-21(16-6-8-17(24)9-7-16)15(2)12-23(32-4,22(26)29)13-20(27)28/h6-9,15,18-19,21H,5,10-14H2,1-4H3,(H,27,28)/t15-,18-,21-,23-/m0/s1. The first kappa shape index (κ1) is 25.9. The molecule has 184 valence electrons. The SMILES string of the molecule is CC[C@@H](CN(C)S(=O)(=O)C1CC1)N1C(=O)[C@](CC(=O)O)(OC)C[C@H](C)[C@H]1c1ccc(Cl)cc1. The smallest absolute Gasteiger partial charge is 0.306 e. The van der Waals surface area contributed by atoms with Crippen molar-refractivity contribution in [2.75, 3.05) is 20.7 Å². The summed E-state index contributed by atoms with van der Waals surface area (Å²) < 4.78 is 32.5. The van der Waals surface area contributed by atoms with Gasteiger partial charge in [0.05, 0.1) is 17.7 Å². The van der Waals surface area contributed by atoms with Crippen LogP contribution in [0.5, 0.6) is 0 Å². The Bertz CT molecular complexity index is 981. The number of rotatable bonds is 10. The van der Waals surface area contributed by atoms with E-state index in [1.807, 2.05) is 26.0 Å². The van der Waals surface area contributed by atoms with Crippen molar-refractivity contribution >= 4 is 33.5 Å². The van der Waals surface area contributed by atoms with Crippen LogP contribution in [0.4, 0.5) is 0 Å². The zero-order valence-electron chi connectivity index (χ0n) is 19.5. The summed E-state index contributed by atoms with van der Waals surface area (Å²) >= 11 is 6.08. The lowest BCUT2D eigenvalue weighted by Gasteiger charge is -2.51. The number of carboxylic acid groups (broad SMARTS) is 1. The number of likely N-dealkylation sites (tertiary alicyclic amines) is 1. The van der Waals surface area contributed by atoms with Crippen LogP contribution in [0.3, 0.4) is 0 Å². The normalized spacial score (nSPS) is 27.1. The fourth-order valence-corrected chi connectivity index (χ4v) is 6.71. The monoisotopic (exact) mass is 500 g/mol. The van der Waals surface area contributed by atoms with Gasteiger partial charge in [0, 0.05) is 31.8 Å². The van der Waals surface area contributed by atoms with Gasteiger partial charge in [-0.05, 0) is 49.3 Å². The zero-order valence-corrected chi connectivity index (χ0v) is 21.1. The predicted molar refractivity (Wildman–Crippen MR) is 125 cm³/mol. The molecule has 1 N–H and O–H groups in total. The van der Waals surface area contributed by atoms with Gasteiger partial charge < -0.3 is 14.7 Å². The van der Waals surface area contributed by atoms with Gasteiger partial charge in [0.1, 0.15) is 0 Å². The highest BCUT2D eigenvalue weighted by molar-refractivity contribution is 7.90. The molecule has 1 aliphatic carbocycles. The highest BCUT2D eigenvalue weighted by Crippen LogP contribution is 2.45. The number of piperidine rings is 1. The van der Waals surface area contributed by atoms with Gasteiger partial charge >= 0.3 is 5.97 Å². The number of ether oxygens (including phenoxy) is 1. The summed E-state index contributed by atoms with van der Waals surface area (Å²) in [5.74, 6) is -1.68. The summed E-state index contributed by atoms with van der Waals surface area (Å²) in [4.78, 5) is 27.3. The van der Waals surface area contributed by atoms with Gasteiger partial charge in [0.25, 0.3) is 5.91 Å². The minimum Gasteiger partial charge on any atom is -0.481 e. The van der Waals surface area contributed by atoms with Crippen LogP contribution in [0.25, 0.3) is 0 Å². The molecule has 1 saturated carbocycles. The van der Waals surface area contributed by atoms with E-state index in [9.17, 15) is 23.1 Å². The molecule has 33 heavy (non-hydrogen) atoms. The molecule has 0 radical (unpaired) electrons. The lowest BCUT2D eigenvalue weighted by molar-refractivity contribution is -0.181. The average Bonchev–Trinajstić information content (AvgIpc) is 3.60. The number of halogens is 1. The molecule has 0 bridgehead atoms. The van der Waals surface area contributed by atoms with Crippen molar-refractivity contribution < 1.29 is 27.9 Å². The number of amides is 1. The van der Waals surface area contributed by atoms with Crippen LogP contribution in [0.1, 0.15) is 57.6 Å². The highest BCUT2D eigenvalue weighted by Gasteiger charge is 2.54. The van der Waals surface area contributed by atoms with Gasteiger partial charge in [-0.2, -0.15) is 0 Å². The molecule has 10 heteroatoms. The van der Waals surface area contributed by atoms with Crippen LogP contribution in [-0.2, 0) is 24.3 Å². The Morgan fingerprint density at radius 1 is 1.33 bits per heavy atom. The third-order valence-electron chi connectivity index (χ3n) is 6.87. The van der Waals surface area contributed by atoms with Gasteiger partial charge in [-0.15, -0.1) is 0 Å². The van der Waals surface area contributed by atoms with Crippen molar-refractivity contribution in [3.8, 4) is 0 Å². The van der Waals surface area contributed by atoms with Crippen LogP contribution >= 0.6 is 11.6 Å². The van der Waals surface area contributed by atoms with E-state index in [0.717, 1.165) is 5.56 Å². The summed E-state index contributed by atoms with van der Waals surface area (Å²) in [7, 11) is -0.521. The van der Waals surface area contributed by atoms with E-state index >= 15 is 0 Å². The third kappa shape index (κ3) is 5.21. The Morgan fingerprint density at radius 2 is 1.94 bits per heavy atom. The molecule has 0 unspecified atom stereocenters.